The van der Waals surface area contributed by atoms with Gasteiger partial charge in [0.2, 0.25) is 5.91 Å². The van der Waals surface area contributed by atoms with Gasteiger partial charge < -0.3 is 14.8 Å². The zero-order valence-electron chi connectivity index (χ0n) is 26.0. The molecule has 0 spiro atoms. The van der Waals surface area contributed by atoms with Gasteiger partial charge in [-0.25, -0.2) is 0 Å². The SMILES string of the molecule is CC(OC(C)(C)C)C(=O)C(C)(C)C(C)(C)OC(CC(=O)Nc1cccc2cccc(S(=O)(=O)O)c12)C(=O)C(C)(C)C. The number of hydrogen-bond acceptors (Lipinski definition) is 7. The monoisotopic (exact) mass is 591 g/mol. The van der Waals surface area contributed by atoms with E-state index in [9.17, 15) is 27.4 Å². The van der Waals surface area contributed by atoms with Gasteiger partial charge in [0.15, 0.2) is 11.6 Å². The minimum absolute atomic E-state index is 0.144. The number of ketones is 2. The summed E-state index contributed by atoms with van der Waals surface area (Å²) in [7, 11) is -4.58. The largest absolute Gasteiger partial charge is 0.365 e. The number of Topliss-reactive ketones (excluding diaryl/α,β-unsaturated/α-hetero) is 2. The van der Waals surface area contributed by atoms with E-state index in [0.29, 0.717) is 5.39 Å². The molecule has 41 heavy (non-hydrogen) atoms. The van der Waals surface area contributed by atoms with E-state index in [1.165, 1.54) is 18.2 Å². The number of ether oxygens (including phenoxy) is 2. The summed E-state index contributed by atoms with van der Waals surface area (Å²) >= 11 is 0. The average Bonchev–Trinajstić information content (AvgIpc) is 2.79. The van der Waals surface area contributed by atoms with Crippen LogP contribution in [0.2, 0.25) is 0 Å². The van der Waals surface area contributed by atoms with Crippen LogP contribution in [0.3, 0.4) is 0 Å². The highest BCUT2D eigenvalue weighted by Crippen LogP contribution is 2.39. The standard InChI is InChI=1S/C31H45NO8S/c1-19(39-29(5,6)7)26(34)30(8,9)31(10,11)40-22(27(35)28(2,3)4)18-24(33)32-21-16-12-14-20-15-13-17-23(25(20)21)41(36,37)38/h12-17,19,22H,18H2,1-11H3,(H,32,33)(H,36,37,38). The summed E-state index contributed by atoms with van der Waals surface area (Å²) in [5.74, 6) is -1.15. The Hall–Kier alpha value is -2.66. The minimum Gasteiger partial charge on any atom is -0.365 e. The number of benzene rings is 2. The van der Waals surface area contributed by atoms with Crippen LogP contribution >= 0.6 is 0 Å². The van der Waals surface area contributed by atoms with Crippen molar-refractivity contribution in [3.05, 3.63) is 36.4 Å². The van der Waals surface area contributed by atoms with Gasteiger partial charge in [-0.2, -0.15) is 8.42 Å². The summed E-state index contributed by atoms with van der Waals surface area (Å²) in [6.45, 7) is 19.3. The van der Waals surface area contributed by atoms with Crippen molar-refractivity contribution in [2.24, 2.45) is 10.8 Å². The molecule has 0 bridgehead atoms. The second-order valence-corrected chi connectivity index (χ2v) is 14.9. The molecule has 0 saturated carbocycles. The lowest BCUT2D eigenvalue weighted by molar-refractivity contribution is -0.181. The maximum absolute atomic E-state index is 13.5. The van der Waals surface area contributed by atoms with Crippen LogP contribution in [-0.4, -0.2) is 53.9 Å². The molecule has 2 atom stereocenters. The van der Waals surface area contributed by atoms with Gasteiger partial charge >= 0.3 is 0 Å². The Kier molecular flexibility index (Phi) is 10.0. The van der Waals surface area contributed by atoms with Gasteiger partial charge in [0.05, 0.1) is 23.0 Å². The number of fused-ring (bicyclic) bond motifs is 1. The quantitative estimate of drug-likeness (QED) is 0.304. The number of rotatable bonds is 11. The molecule has 2 aromatic carbocycles. The summed E-state index contributed by atoms with van der Waals surface area (Å²) in [6.07, 6.45) is -2.34. The topological polar surface area (TPSA) is 136 Å². The second-order valence-electron chi connectivity index (χ2n) is 13.5. The third-order valence-electron chi connectivity index (χ3n) is 7.28. The highest BCUT2D eigenvalue weighted by Gasteiger charge is 2.49. The fraction of sp³-hybridized carbons (Fsp3) is 0.581. The lowest BCUT2D eigenvalue weighted by Gasteiger charge is -2.44. The molecule has 9 nitrogen and oxygen atoms in total. The van der Waals surface area contributed by atoms with Crippen LogP contribution in [0.25, 0.3) is 10.8 Å². The molecular weight excluding hydrogens is 546 g/mol. The van der Waals surface area contributed by atoms with E-state index < -0.39 is 50.3 Å². The fourth-order valence-corrected chi connectivity index (χ4v) is 5.29. The van der Waals surface area contributed by atoms with Crippen molar-refractivity contribution >= 4 is 44.1 Å². The maximum Gasteiger partial charge on any atom is 0.295 e. The molecule has 0 radical (unpaired) electrons. The van der Waals surface area contributed by atoms with Crippen molar-refractivity contribution in [2.45, 2.75) is 111 Å². The van der Waals surface area contributed by atoms with Crippen LogP contribution in [-0.2, 0) is 34.0 Å². The van der Waals surface area contributed by atoms with Crippen molar-refractivity contribution < 1.29 is 36.8 Å². The summed E-state index contributed by atoms with van der Waals surface area (Å²) in [4.78, 5) is 40.0. The molecule has 0 heterocycles. The van der Waals surface area contributed by atoms with Crippen LogP contribution < -0.4 is 5.32 Å². The molecule has 2 rings (SSSR count). The molecule has 0 fully saturated rings. The van der Waals surface area contributed by atoms with Gasteiger partial charge in [-0.15, -0.1) is 0 Å². The Labute approximate surface area is 244 Å². The highest BCUT2D eigenvalue weighted by molar-refractivity contribution is 7.86. The van der Waals surface area contributed by atoms with E-state index in [2.05, 4.69) is 5.32 Å². The van der Waals surface area contributed by atoms with E-state index in [4.69, 9.17) is 9.47 Å². The molecule has 0 aromatic heterocycles. The predicted molar refractivity (Wildman–Crippen MR) is 160 cm³/mol. The van der Waals surface area contributed by atoms with Crippen LogP contribution in [0.4, 0.5) is 5.69 Å². The molecule has 10 heteroatoms. The summed E-state index contributed by atoms with van der Waals surface area (Å²) in [5.41, 5.74) is -3.55. The first kappa shape index (κ1) is 34.5. The predicted octanol–water partition coefficient (Wildman–Crippen LogP) is 5.99. The number of amides is 1. The van der Waals surface area contributed by atoms with Crippen LogP contribution in [0, 0.1) is 10.8 Å². The van der Waals surface area contributed by atoms with E-state index in [0.717, 1.165) is 0 Å². The number of hydrogen-bond donors (Lipinski definition) is 2. The van der Waals surface area contributed by atoms with Crippen LogP contribution in [0.1, 0.15) is 82.6 Å². The van der Waals surface area contributed by atoms with Crippen molar-refractivity contribution in [3.63, 3.8) is 0 Å². The maximum atomic E-state index is 13.5. The Morgan fingerprint density at radius 3 is 1.88 bits per heavy atom. The zero-order valence-corrected chi connectivity index (χ0v) is 26.9. The Bertz CT molecular complexity index is 1410. The van der Waals surface area contributed by atoms with Gasteiger partial charge in [-0.05, 0) is 59.1 Å². The fourth-order valence-electron chi connectivity index (χ4n) is 4.56. The number of carbonyl (C=O) groups excluding carboxylic acids is 3. The first-order valence-corrected chi connectivity index (χ1v) is 15.1. The first-order chi connectivity index (χ1) is 18.4. The molecule has 0 aliphatic rings. The lowest BCUT2D eigenvalue weighted by atomic mass is 9.71. The zero-order chi connectivity index (χ0) is 31.8. The minimum atomic E-state index is -4.58. The molecule has 1 amide bonds. The second kappa shape index (κ2) is 11.9. The van der Waals surface area contributed by atoms with Crippen molar-refractivity contribution in [2.75, 3.05) is 5.32 Å². The van der Waals surface area contributed by atoms with Gasteiger partial charge in [0.1, 0.15) is 17.1 Å². The number of nitrogens with one attached hydrogen (secondary N) is 1. The number of anilines is 1. The Morgan fingerprint density at radius 1 is 0.854 bits per heavy atom. The lowest BCUT2D eigenvalue weighted by Crippen LogP contribution is -2.54. The molecule has 2 unspecified atom stereocenters. The van der Waals surface area contributed by atoms with Gasteiger partial charge in [-0.1, -0.05) is 58.9 Å². The van der Waals surface area contributed by atoms with E-state index in [1.807, 2.05) is 20.8 Å². The molecule has 0 aliphatic heterocycles. The Morgan fingerprint density at radius 2 is 1.39 bits per heavy atom. The third kappa shape index (κ3) is 8.44. The van der Waals surface area contributed by atoms with Crippen LogP contribution in [0.5, 0.6) is 0 Å². The van der Waals surface area contributed by atoms with Gasteiger partial charge in [-0.3, -0.25) is 18.9 Å². The van der Waals surface area contributed by atoms with Gasteiger partial charge in [0.25, 0.3) is 10.1 Å². The van der Waals surface area contributed by atoms with E-state index in [1.54, 1.807) is 73.6 Å². The Balaban J connectivity index is 2.43. The number of carbonyl (C=O) groups is 3. The highest BCUT2D eigenvalue weighted by atomic mass is 32.2. The molecule has 0 saturated heterocycles. The smallest absolute Gasteiger partial charge is 0.295 e. The van der Waals surface area contributed by atoms with Crippen molar-refractivity contribution in [1.82, 2.24) is 0 Å². The van der Waals surface area contributed by atoms with E-state index in [-0.39, 0.29) is 34.0 Å². The molecular formula is C31H45NO8S. The molecule has 2 N–H and O–H groups in total. The summed E-state index contributed by atoms with van der Waals surface area (Å²) in [5, 5.41) is 3.33. The summed E-state index contributed by atoms with van der Waals surface area (Å²) < 4.78 is 46.1. The van der Waals surface area contributed by atoms with Gasteiger partial charge in [0, 0.05) is 16.5 Å². The van der Waals surface area contributed by atoms with Crippen molar-refractivity contribution in [3.8, 4) is 0 Å². The van der Waals surface area contributed by atoms with Crippen LogP contribution in [0.15, 0.2) is 41.3 Å². The first-order valence-electron chi connectivity index (χ1n) is 13.6. The van der Waals surface area contributed by atoms with E-state index >= 15 is 0 Å². The van der Waals surface area contributed by atoms with Crippen molar-refractivity contribution in [1.29, 1.82) is 0 Å². The normalized spacial score (nSPS) is 14.9. The average molecular weight is 592 g/mol. The molecule has 0 aliphatic carbocycles. The summed E-state index contributed by atoms with van der Waals surface area (Å²) in [6, 6.07) is 9.19. The molecule has 2 aromatic rings. The third-order valence-corrected chi connectivity index (χ3v) is 8.17. The molecule has 228 valence electrons.